The molecule has 0 bridgehead atoms. The third kappa shape index (κ3) is 7.59. The highest BCUT2D eigenvalue weighted by atomic mass is 79.9. The molecule has 1 saturated heterocycles. The van der Waals surface area contributed by atoms with Gasteiger partial charge < -0.3 is 20.3 Å². The number of hydrogen-bond acceptors (Lipinski definition) is 7. The SMILES string of the molecule is Cc1ccc(S(=O)(=O)OCC[C@H]2CN(C(=O)OC(C)(C)C)CCN2C(=O)c2cc(Cl)c(Br)cc2N)cc1. The molecular weight excluding hydrogens is 586 g/mol. The Morgan fingerprint density at radius 3 is 2.43 bits per heavy atom. The molecule has 202 valence electrons. The summed E-state index contributed by atoms with van der Waals surface area (Å²) in [6.07, 6.45) is -0.357. The molecule has 0 aliphatic carbocycles. The lowest BCUT2D eigenvalue weighted by atomic mass is 10.1. The monoisotopic (exact) mass is 615 g/mol. The third-order valence-electron chi connectivity index (χ3n) is 5.72. The molecule has 0 aromatic heterocycles. The predicted octanol–water partition coefficient (Wildman–Crippen LogP) is 4.85. The molecule has 0 unspecified atom stereocenters. The Balaban J connectivity index is 1.80. The molecule has 2 aromatic carbocycles. The van der Waals surface area contributed by atoms with E-state index in [1.165, 1.54) is 23.1 Å². The third-order valence-corrected chi connectivity index (χ3v) is 8.24. The van der Waals surface area contributed by atoms with E-state index in [0.29, 0.717) is 9.50 Å². The van der Waals surface area contributed by atoms with Crippen LogP contribution in [0.4, 0.5) is 10.5 Å². The highest BCUT2D eigenvalue weighted by molar-refractivity contribution is 9.10. The van der Waals surface area contributed by atoms with Crippen molar-refractivity contribution in [3.8, 4) is 0 Å². The standard InChI is InChI=1S/C25H31BrClN3O6S/c1-16-5-7-18(8-6-16)37(33,34)35-12-9-17-15-29(24(32)36-25(2,3)4)10-11-30(17)23(31)19-13-21(27)20(26)14-22(19)28/h5-8,13-14,17H,9-12,15,28H2,1-4H3/t17-/m0/s1. The number of anilines is 1. The molecule has 2 N–H and O–H groups in total. The van der Waals surface area contributed by atoms with Gasteiger partial charge in [0.2, 0.25) is 0 Å². The summed E-state index contributed by atoms with van der Waals surface area (Å²) in [4.78, 5) is 29.3. The van der Waals surface area contributed by atoms with E-state index in [0.717, 1.165) is 5.56 Å². The van der Waals surface area contributed by atoms with Crippen molar-refractivity contribution in [3.63, 3.8) is 0 Å². The second-order valence-corrected chi connectivity index (χ2v) is 12.7. The Bertz CT molecular complexity index is 1260. The summed E-state index contributed by atoms with van der Waals surface area (Å²) in [6.45, 7) is 7.55. The minimum atomic E-state index is -3.99. The van der Waals surface area contributed by atoms with Crippen molar-refractivity contribution in [2.45, 2.75) is 50.7 Å². The molecule has 3 rings (SSSR count). The summed E-state index contributed by atoms with van der Waals surface area (Å²) in [7, 11) is -3.99. The molecule has 9 nitrogen and oxygen atoms in total. The van der Waals surface area contributed by atoms with Crippen LogP contribution in [0.5, 0.6) is 0 Å². The number of carbonyl (C=O) groups is 2. The lowest BCUT2D eigenvalue weighted by molar-refractivity contribution is 0.00224. The molecule has 1 aliphatic heterocycles. The molecule has 0 radical (unpaired) electrons. The van der Waals surface area contributed by atoms with Crippen LogP contribution in [-0.2, 0) is 19.0 Å². The lowest BCUT2D eigenvalue weighted by Gasteiger charge is -2.41. The van der Waals surface area contributed by atoms with Crippen LogP contribution >= 0.6 is 27.5 Å². The highest BCUT2D eigenvalue weighted by Gasteiger charge is 2.35. The van der Waals surface area contributed by atoms with Gasteiger partial charge in [0, 0.05) is 29.8 Å². The van der Waals surface area contributed by atoms with E-state index in [1.807, 2.05) is 6.92 Å². The van der Waals surface area contributed by atoms with Crippen LogP contribution in [0.2, 0.25) is 5.02 Å². The lowest BCUT2D eigenvalue weighted by Crippen LogP contribution is -2.57. The number of piperazine rings is 1. The van der Waals surface area contributed by atoms with Gasteiger partial charge in [-0.1, -0.05) is 29.3 Å². The largest absolute Gasteiger partial charge is 0.444 e. The molecule has 1 aliphatic rings. The Kier molecular flexibility index (Phi) is 9.15. The van der Waals surface area contributed by atoms with Crippen molar-refractivity contribution < 1.29 is 26.9 Å². The molecule has 1 fully saturated rings. The zero-order chi connectivity index (χ0) is 27.5. The van der Waals surface area contributed by atoms with Crippen LogP contribution in [0.3, 0.4) is 0 Å². The van der Waals surface area contributed by atoms with Crippen LogP contribution in [0.1, 0.15) is 43.1 Å². The molecule has 0 saturated carbocycles. The average Bonchev–Trinajstić information content (AvgIpc) is 2.80. The van der Waals surface area contributed by atoms with E-state index in [2.05, 4.69) is 15.9 Å². The van der Waals surface area contributed by atoms with Crippen LogP contribution < -0.4 is 5.73 Å². The minimum absolute atomic E-state index is 0.0438. The van der Waals surface area contributed by atoms with Crippen LogP contribution in [0, 0.1) is 6.92 Å². The number of rotatable bonds is 6. The van der Waals surface area contributed by atoms with Gasteiger partial charge in [-0.2, -0.15) is 8.42 Å². The van der Waals surface area contributed by atoms with Gasteiger partial charge in [-0.25, -0.2) is 4.79 Å². The number of nitrogens with zero attached hydrogens (tertiary/aromatic N) is 2. The summed E-state index contributed by atoms with van der Waals surface area (Å²) in [5.41, 5.74) is 6.79. The Labute approximate surface area is 231 Å². The maximum Gasteiger partial charge on any atom is 0.410 e. The average molecular weight is 617 g/mol. The summed E-state index contributed by atoms with van der Waals surface area (Å²) >= 11 is 9.50. The summed E-state index contributed by atoms with van der Waals surface area (Å²) in [5.74, 6) is -0.373. The van der Waals surface area contributed by atoms with Gasteiger partial charge in [0.1, 0.15) is 5.60 Å². The second kappa shape index (κ2) is 11.6. The number of benzene rings is 2. The normalized spacial score (nSPS) is 16.5. The number of hydrogen-bond donors (Lipinski definition) is 1. The maximum atomic E-state index is 13.5. The first-order valence-electron chi connectivity index (χ1n) is 11.7. The molecule has 2 amide bonds. The van der Waals surface area contributed by atoms with Crippen molar-refractivity contribution in [2.24, 2.45) is 0 Å². The molecule has 12 heteroatoms. The number of nitrogens with two attached hydrogens (primary N) is 1. The van der Waals surface area contributed by atoms with Crippen molar-refractivity contribution in [1.82, 2.24) is 9.80 Å². The van der Waals surface area contributed by atoms with Crippen LogP contribution in [0.25, 0.3) is 0 Å². The summed E-state index contributed by atoms with van der Waals surface area (Å²) < 4.78 is 36.6. The van der Waals surface area contributed by atoms with Crippen molar-refractivity contribution in [2.75, 3.05) is 32.0 Å². The van der Waals surface area contributed by atoms with Crippen molar-refractivity contribution in [3.05, 3.63) is 57.0 Å². The fraction of sp³-hybridized carbons (Fsp3) is 0.440. The first kappa shape index (κ1) is 29.2. The number of nitrogen functional groups attached to an aromatic ring is 1. The molecule has 0 spiro atoms. The van der Waals surface area contributed by atoms with Gasteiger partial charge in [0.25, 0.3) is 16.0 Å². The highest BCUT2D eigenvalue weighted by Crippen LogP contribution is 2.30. The Hall–Kier alpha value is -2.34. The molecular formula is C25H31BrClN3O6S. The summed E-state index contributed by atoms with van der Waals surface area (Å²) in [6, 6.07) is 8.81. The zero-order valence-corrected chi connectivity index (χ0v) is 24.3. The number of halogens is 2. The first-order valence-corrected chi connectivity index (χ1v) is 14.3. The first-order chi connectivity index (χ1) is 17.2. The van der Waals surface area contributed by atoms with E-state index in [4.69, 9.17) is 26.3 Å². The fourth-order valence-electron chi connectivity index (χ4n) is 3.83. The van der Waals surface area contributed by atoms with Crippen molar-refractivity contribution >= 4 is 55.3 Å². The second-order valence-electron chi connectivity index (χ2n) is 9.81. The Morgan fingerprint density at radius 2 is 1.81 bits per heavy atom. The van der Waals surface area contributed by atoms with Crippen LogP contribution in [0.15, 0.2) is 45.8 Å². The summed E-state index contributed by atoms with van der Waals surface area (Å²) in [5, 5.41) is 0.328. The maximum absolute atomic E-state index is 13.5. The van der Waals surface area contributed by atoms with E-state index < -0.39 is 27.9 Å². The molecule has 2 aromatic rings. The molecule has 1 heterocycles. The van der Waals surface area contributed by atoms with Gasteiger partial charge >= 0.3 is 6.09 Å². The molecule has 1 atom stereocenters. The number of ether oxygens (including phenoxy) is 1. The van der Waals surface area contributed by atoms with E-state index in [-0.39, 0.29) is 54.7 Å². The van der Waals surface area contributed by atoms with E-state index in [1.54, 1.807) is 43.9 Å². The zero-order valence-electron chi connectivity index (χ0n) is 21.2. The van der Waals surface area contributed by atoms with E-state index >= 15 is 0 Å². The Morgan fingerprint density at radius 1 is 1.16 bits per heavy atom. The smallest absolute Gasteiger partial charge is 0.410 e. The van der Waals surface area contributed by atoms with E-state index in [9.17, 15) is 18.0 Å². The predicted molar refractivity (Wildman–Crippen MR) is 145 cm³/mol. The van der Waals surface area contributed by atoms with Gasteiger partial charge in [0.15, 0.2) is 0 Å². The van der Waals surface area contributed by atoms with Gasteiger partial charge in [-0.15, -0.1) is 0 Å². The van der Waals surface area contributed by atoms with Gasteiger partial charge in [-0.05, 0) is 74.3 Å². The fourth-order valence-corrected chi connectivity index (χ4v) is 5.28. The topological polar surface area (TPSA) is 119 Å². The number of carbonyl (C=O) groups excluding carboxylic acids is 2. The molecule has 37 heavy (non-hydrogen) atoms. The number of amides is 2. The quantitative estimate of drug-likeness (QED) is 0.364. The van der Waals surface area contributed by atoms with Crippen LogP contribution in [-0.4, -0.2) is 68.1 Å². The van der Waals surface area contributed by atoms with Gasteiger partial charge in [0.05, 0.1) is 28.1 Å². The van der Waals surface area contributed by atoms with Crippen molar-refractivity contribution in [1.29, 1.82) is 0 Å². The minimum Gasteiger partial charge on any atom is -0.444 e. The number of aryl methyl sites for hydroxylation is 1. The van der Waals surface area contributed by atoms with Gasteiger partial charge in [-0.3, -0.25) is 8.98 Å².